The number of carbonyl (C=O) groups is 3. The predicted molar refractivity (Wildman–Crippen MR) is 126 cm³/mol. The number of amides is 2. The van der Waals surface area contributed by atoms with Crippen molar-refractivity contribution in [1.29, 1.82) is 0 Å². The van der Waals surface area contributed by atoms with Crippen molar-refractivity contribution in [3.05, 3.63) is 34.2 Å². The lowest BCUT2D eigenvalue weighted by atomic mass is 9.88. The molecule has 0 radical (unpaired) electrons. The van der Waals surface area contributed by atoms with E-state index < -0.39 is 5.92 Å². The number of morpholine rings is 1. The molecule has 3 aliphatic rings. The van der Waals surface area contributed by atoms with Crippen LogP contribution in [-0.2, 0) is 16.0 Å². The maximum Gasteiger partial charge on any atom is 0.260 e. The van der Waals surface area contributed by atoms with Crippen molar-refractivity contribution in [1.82, 2.24) is 15.2 Å². The van der Waals surface area contributed by atoms with Crippen molar-refractivity contribution in [2.75, 3.05) is 38.2 Å². The van der Waals surface area contributed by atoms with Crippen LogP contribution >= 0.6 is 11.3 Å². The van der Waals surface area contributed by atoms with Crippen molar-refractivity contribution in [3.8, 4) is 0 Å². The average Bonchev–Trinajstić information content (AvgIpc) is 3.58. The largest absolute Gasteiger partial charge is 0.469 e. The van der Waals surface area contributed by atoms with E-state index in [1.807, 2.05) is 0 Å². The summed E-state index contributed by atoms with van der Waals surface area (Å²) in [6.45, 7) is 5.58. The maximum absolute atomic E-state index is 13.1. The first-order chi connectivity index (χ1) is 16.4. The summed E-state index contributed by atoms with van der Waals surface area (Å²) in [5.41, 5.74) is 1.01. The Kier molecular flexibility index (Phi) is 6.54. The highest BCUT2D eigenvalue weighted by Gasteiger charge is 2.41. The Morgan fingerprint density at radius 2 is 2.00 bits per heavy atom. The SMILES string of the molecule is Cc1occc1C(=O)Nc1nc2c(s1)C(=O)C[C@H](C(=O)NCC1(N3CCOCC3)CCCC1)C2. The number of aromatic nitrogens is 1. The number of hydrogen-bond acceptors (Lipinski definition) is 8. The zero-order chi connectivity index (χ0) is 23.7. The molecule has 2 aromatic rings. The molecule has 34 heavy (non-hydrogen) atoms. The maximum atomic E-state index is 13.1. The highest BCUT2D eigenvalue weighted by Crippen LogP contribution is 2.36. The van der Waals surface area contributed by atoms with Gasteiger partial charge in [-0.1, -0.05) is 24.2 Å². The Labute approximate surface area is 202 Å². The third kappa shape index (κ3) is 4.54. The Morgan fingerprint density at radius 3 is 2.71 bits per heavy atom. The molecule has 3 heterocycles. The zero-order valence-electron chi connectivity index (χ0n) is 19.4. The second-order valence-corrected chi connectivity index (χ2v) is 10.4. The van der Waals surface area contributed by atoms with Gasteiger partial charge in [0.05, 0.1) is 41.5 Å². The molecule has 1 atom stereocenters. The molecule has 5 rings (SSSR count). The number of rotatable bonds is 6. The molecule has 182 valence electrons. The van der Waals surface area contributed by atoms with Crippen molar-refractivity contribution in [3.63, 3.8) is 0 Å². The third-order valence-corrected chi connectivity index (χ3v) is 8.38. The highest BCUT2D eigenvalue weighted by atomic mass is 32.1. The summed E-state index contributed by atoms with van der Waals surface area (Å²) in [7, 11) is 0. The molecule has 10 heteroatoms. The number of thiazole rings is 1. The van der Waals surface area contributed by atoms with Crippen LogP contribution in [-0.4, -0.2) is 65.9 Å². The fraction of sp³-hybridized carbons (Fsp3) is 0.583. The van der Waals surface area contributed by atoms with Gasteiger partial charge >= 0.3 is 0 Å². The fourth-order valence-electron chi connectivity index (χ4n) is 5.43. The van der Waals surface area contributed by atoms with Crippen LogP contribution < -0.4 is 10.6 Å². The minimum Gasteiger partial charge on any atom is -0.469 e. The van der Waals surface area contributed by atoms with E-state index in [2.05, 4.69) is 20.5 Å². The van der Waals surface area contributed by atoms with Gasteiger partial charge in [-0.05, 0) is 25.8 Å². The Morgan fingerprint density at radius 1 is 1.24 bits per heavy atom. The van der Waals surface area contributed by atoms with Crippen LogP contribution in [0.25, 0.3) is 0 Å². The first-order valence-electron chi connectivity index (χ1n) is 11.9. The number of furan rings is 1. The summed E-state index contributed by atoms with van der Waals surface area (Å²) in [4.78, 5) is 45.8. The Bertz CT molecular complexity index is 1080. The van der Waals surface area contributed by atoms with E-state index >= 15 is 0 Å². The third-order valence-electron chi connectivity index (χ3n) is 7.32. The van der Waals surface area contributed by atoms with Crippen LogP contribution in [0.3, 0.4) is 0 Å². The fourth-order valence-corrected chi connectivity index (χ4v) is 6.36. The van der Waals surface area contributed by atoms with Crippen molar-refractivity contribution in [2.24, 2.45) is 5.92 Å². The van der Waals surface area contributed by atoms with Gasteiger partial charge in [-0.25, -0.2) is 4.98 Å². The Hall–Kier alpha value is -2.56. The molecule has 2 fully saturated rings. The second kappa shape index (κ2) is 9.59. The summed E-state index contributed by atoms with van der Waals surface area (Å²) in [5.74, 6) is -0.438. The van der Waals surface area contributed by atoms with Crippen LogP contribution in [0.1, 0.15) is 63.6 Å². The van der Waals surface area contributed by atoms with Gasteiger partial charge in [0.1, 0.15) is 5.76 Å². The van der Waals surface area contributed by atoms with E-state index in [4.69, 9.17) is 9.15 Å². The lowest BCUT2D eigenvalue weighted by molar-refractivity contribution is -0.126. The van der Waals surface area contributed by atoms with Crippen LogP contribution in [0, 0.1) is 12.8 Å². The molecular weight excluding hydrogens is 456 g/mol. The number of fused-ring (bicyclic) bond motifs is 1. The molecule has 2 aliphatic carbocycles. The van der Waals surface area contributed by atoms with Crippen molar-refractivity contribution < 1.29 is 23.5 Å². The smallest absolute Gasteiger partial charge is 0.260 e. The second-order valence-electron chi connectivity index (χ2n) is 9.42. The molecule has 1 saturated heterocycles. The monoisotopic (exact) mass is 486 g/mol. The van der Waals surface area contributed by atoms with E-state index in [1.165, 1.54) is 30.4 Å². The normalized spacial score (nSPS) is 22.4. The van der Waals surface area contributed by atoms with Crippen molar-refractivity contribution >= 4 is 34.1 Å². The average molecular weight is 487 g/mol. The molecule has 0 bridgehead atoms. The molecule has 2 amide bonds. The summed E-state index contributed by atoms with van der Waals surface area (Å²) < 4.78 is 10.7. The van der Waals surface area contributed by atoms with Gasteiger partial charge < -0.3 is 14.5 Å². The predicted octanol–water partition coefficient (Wildman–Crippen LogP) is 2.80. The molecule has 2 aromatic heterocycles. The number of anilines is 1. The van der Waals surface area contributed by atoms with E-state index in [9.17, 15) is 14.4 Å². The lowest BCUT2D eigenvalue weighted by Crippen LogP contribution is -2.58. The number of hydrogen-bond donors (Lipinski definition) is 2. The minimum atomic E-state index is -0.440. The van der Waals surface area contributed by atoms with Gasteiger partial charge in [-0.2, -0.15) is 0 Å². The molecular formula is C24H30N4O5S. The highest BCUT2D eigenvalue weighted by molar-refractivity contribution is 7.17. The Balaban J connectivity index is 1.23. The van der Waals surface area contributed by atoms with Gasteiger partial charge in [-0.3, -0.25) is 24.6 Å². The summed E-state index contributed by atoms with van der Waals surface area (Å²) >= 11 is 1.17. The summed E-state index contributed by atoms with van der Waals surface area (Å²) in [6.07, 6.45) is 6.51. The summed E-state index contributed by atoms with van der Waals surface area (Å²) in [5, 5.41) is 6.28. The van der Waals surface area contributed by atoms with Gasteiger partial charge in [0.2, 0.25) is 5.91 Å². The molecule has 9 nitrogen and oxygen atoms in total. The number of aryl methyl sites for hydroxylation is 1. The zero-order valence-corrected chi connectivity index (χ0v) is 20.2. The number of ketones is 1. The minimum absolute atomic E-state index is 0.00737. The molecule has 2 N–H and O–H groups in total. The quantitative estimate of drug-likeness (QED) is 0.645. The van der Waals surface area contributed by atoms with Crippen LogP contribution in [0.15, 0.2) is 16.7 Å². The topological polar surface area (TPSA) is 114 Å². The molecule has 1 saturated carbocycles. The number of nitrogens with zero attached hydrogens (tertiary/aromatic N) is 2. The molecule has 0 spiro atoms. The van der Waals surface area contributed by atoms with Gasteiger partial charge in [0, 0.05) is 38.0 Å². The van der Waals surface area contributed by atoms with Gasteiger partial charge in [-0.15, -0.1) is 0 Å². The summed E-state index contributed by atoms with van der Waals surface area (Å²) in [6, 6.07) is 1.59. The van der Waals surface area contributed by atoms with Crippen molar-refractivity contribution in [2.45, 2.75) is 51.0 Å². The van der Waals surface area contributed by atoms with E-state index in [-0.39, 0.29) is 29.6 Å². The van der Waals surface area contributed by atoms with E-state index in [0.717, 1.165) is 39.1 Å². The van der Waals surface area contributed by atoms with Crippen LogP contribution in [0.2, 0.25) is 0 Å². The number of nitrogens with one attached hydrogen (secondary N) is 2. The first-order valence-corrected chi connectivity index (χ1v) is 12.8. The molecule has 0 unspecified atom stereocenters. The standard InChI is InChI=1S/C24H30N4O5S/c1-15-17(4-9-33-15)22(31)27-23-26-18-12-16(13-19(29)20(18)34-23)21(30)25-14-24(5-2-3-6-24)28-7-10-32-11-8-28/h4,9,16H,2-3,5-8,10-14H2,1H3,(H,25,30)(H,26,27,31)/t16-/m1/s1. The van der Waals surface area contributed by atoms with Gasteiger partial charge in [0.15, 0.2) is 10.9 Å². The number of ether oxygens (including phenoxy) is 1. The van der Waals surface area contributed by atoms with Crippen LogP contribution in [0.4, 0.5) is 5.13 Å². The molecule has 1 aliphatic heterocycles. The first kappa shape index (κ1) is 23.2. The molecule has 0 aromatic carbocycles. The van der Waals surface area contributed by atoms with E-state index in [1.54, 1.807) is 13.0 Å². The number of Topliss-reactive ketones (excluding diaryl/α,β-unsaturated/α-hetero) is 1. The van der Waals surface area contributed by atoms with E-state index in [0.29, 0.717) is 40.0 Å². The lowest BCUT2D eigenvalue weighted by Gasteiger charge is -2.43. The van der Waals surface area contributed by atoms with Gasteiger partial charge in [0.25, 0.3) is 5.91 Å². The number of carbonyl (C=O) groups excluding carboxylic acids is 3. The van der Waals surface area contributed by atoms with Crippen LogP contribution in [0.5, 0.6) is 0 Å².